The van der Waals surface area contributed by atoms with Crippen LogP contribution in [0.15, 0.2) is 60.7 Å². The maximum Gasteiger partial charge on any atom is 0.0786 e. The molecule has 4 aromatic rings. The summed E-state index contributed by atoms with van der Waals surface area (Å²) in [6.45, 7) is 6.74. The lowest BCUT2D eigenvalue weighted by Crippen LogP contribution is -2.00. The molecular formula is C31H31N. The highest BCUT2D eigenvalue weighted by Crippen LogP contribution is 2.44. The molecule has 0 radical (unpaired) electrons. The van der Waals surface area contributed by atoms with Crippen LogP contribution in [0, 0.1) is 6.92 Å². The van der Waals surface area contributed by atoms with Crippen molar-refractivity contribution in [3.63, 3.8) is 0 Å². The van der Waals surface area contributed by atoms with Crippen LogP contribution in [0.3, 0.4) is 0 Å². The highest BCUT2D eigenvalue weighted by molar-refractivity contribution is 5.98. The lowest BCUT2D eigenvalue weighted by molar-refractivity contribution is 0.724. The summed E-state index contributed by atoms with van der Waals surface area (Å²) in [5.74, 6) is 1.14. The highest BCUT2D eigenvalue weighted by Gasteiger charge is 2.24. The van der Waals surface area contributed by atoms with Crippen LogP contribution in [-0.2, 0) is 6.42 Å². The Kier molecular flexibility index (Phi) is 4.68. The van der Waals surface area contributed by atoms with Crippen LogP contribution in [0.5, 0.6) is 0 Å². The Labute approximate surface area is 191 Å². The van der Waals surface area contributed by atoms with Crippen LogP contribution in [0.2, 0.25) is 0 Å². The SMILES string of the molecule is Cc1cc2c(c(-c3nc(C(C)C)cc4cc(C5CCCC5)ccc34)c1)Cc1ccccc1-2. The molecule has 0 unspecified atom stereocenters. The first-order chi connectivity index (χ1) is 15.6. The molecular weight excluding hydrogens is 386 g/mol. The standard InChI is InChI=1S/C31H31N/c1-19(2)30-18-24-16-22(21-8-4-5-9-21)12-13-26(24)31(32-30)29-15-20(3)14-27-25-11-7-6-10-23(25)17-28(27)29/h6-7,10-16,18-19,21H,4-5,8-9,17H2,1-3H3. The molecule has 0 spiro atoms. The summed E-state index contributed by atoms with van der Waals surface area (Å²) in [5.41, 5.74) is 12.2. The van der Waals surface area contributed by atoms with E-state index in [1.165, 1.54) is 81.1 Å². The predicted molar refractivity (Wildman–Crippen MR) is 135 cm³/mol. The summed E-state index contributed by atoms with van der Waals surface area (Å²) in [6.07, 6.45) is 6.42. The van der Waals surface area contributed by atoms with Crippen molar-refractivity contribution in [2.45, 2.75) is 64.7 Å². The number of aromatic nitrogens is 1. The van der Waals surface area contributed by atoms with Crippen LogP contribution in [-0.4, -0.2) is 4.98 Å². The van der Waals surface area contributed by atoms with Gasteiger partial charge in [-0.05, 0) is 88.9 Å². The van der Waals surface area contributed by atoms with Gasteiger partial charge in [0, 0.05) is 16.6 Å². The number of nitrogens with zero attached hydrogens (tertiary/aromatic N) is 1. The molecule has 0 aliphatic heterocycles. The number of pyridine rings is 1. The second kappa shape index (κ2) is 7.59. The van der Waals surface area contributed by atoms with E-state index < -0.39 is 0 Å². The van der Waals surface area contributed by atoms with Crippen molar-refractivity contribution in [2.75, 3.05) is 0 Å². The normalized spacial score (nSPS) is 15.5. The van der Waals surface area contributed by atoms with Crippen molar-refractivity contribution in [1.29, 1.82) is 0 Å². The highest BCUT2D eigenvalue weighted by atomic mass is 14.7. The van der Waals surface area contributed by atoms with E-state index in [0.29, 0.717) is 5.92 Å². The van der Waals surface area contributed by atoms with Gasteiger partial charge in [0.15, 0.2) is 0 Å². The van der Waals surface area contributed by atoms with Gasteiger partial charge in [-0.15, -0.1) is 0 Å². The number of benzene rings is 3. The second-order valence-electron chi connectivity index (χ2n) is 10.2. The van der Waals surface area contributed by atoms with Gasteiger partial charge in [-0.1, -0.05) is 75.2 Å². The lowest BCUT2D eigenvalue weighted by atomic mass is 9.90. The number of hydrogen-bond donors (Lipinski definition) is 0. The Morgan fingerprint density at radius 3 is 2.44 bits per heavy atom. The molecule has 1 heteroatoms. The topological polar surface area (TPSA) is 12.9 Å². The van der Waals surface area contributed by atoms with E-state index in [2.05, 4.69) is 81.4 Å². The third kappa shape index (κ3) is 3.18. The van der Waals surface area contributed by atoms with Crippen LogP contribution < -0.4 is 0 Å². The minimum Gasteiger partial charge on any atom is -0.252 e. The number of fused-ring (bicyclic) bond motifs is 4. The molecule has 1 nitrogen and oxygen atoms in total. The van der Waals surface area contributed by atoms with Gasteiger partial charge in [-0.25, -0.2) is 0 Å². The average Bonchev–Trinajstić information content (AvgIpc) is 3.46. The van der Waals surface area contributed by atoms with E-state index in [4.69, 9.17) is 4.98 Å². The Balaban J connectivity index is 1.59. The molecule has 1 saturated carbocycles. The molecule has 160 valence electrons. The zero-order valence-corrected chi connectivity index (χ0v) is 19.4. The molecule has 1 heterocycles. The zero-order valence-electron chi connectivity index (χ0n) is 19.4. The molecule has 0 amide bonds. The van der Waals surface area contributed by atoms with Crippen LogP contribution >= 0.6 is 0 Å². The fourth-order valence-electron chi connectivity index (χ4n) is 5.90. The fourth-order valence-corrected chi connectivity index (χ4v) is 5.90. The first kappa shape index (κ1) is 19.7. The van der Waals surface area contributed by atoms with Crippen molar-refractivity contribution in [2.24, 2.45) is 0 Å². The Morgan fingerprint density at radius 2 is 1.62 bits per heavy atom. The van der Waals surface area contributed by atoms with Gasteiger partial charge >= 0.3 is 0 Å². The van der Waals surface area contributed by atoms with Gasteiger partial charge in [0.2, 0.25) is 0 Å². The predicted octanol–water partition coefficient (Wildman–Crippen LogP) is 8.56. The quantitative estimate of drug-likeness (QED) is 0.286. The first-order valence-corrected chi connectivity index (χ1v) is 12.3. The van der Waals surface area contributed by atoms with E-state index in [1.54, 1.807) is 0 Å². The molecule has 1 fully saturated rings. The van der Waals surface area contributed by atoms with Crippen molar-refractivity contribution >= 4 is 10.8 Å². The number of rotatable bonds is 3. The smallest absolute Gasteiger partial charge is 0.0786 e. The molecule has 2 aliphatic carbocycles. The molecule has 0 N–H and O–H groups in total. The average molecular weight is 418 g/mol. The van der Waals surface area contributed by atoms with E-state index >= 15 is 0 Å². The van der Waals surface area contributed by atoms with Crippen LogP contribution in [0.4, 0.5) is 0 Å². The summed E-state index contributed by atoms with van der Waals surface area (Å²) in [5, 5.41) is 2.65. The zero-order chi connectivity index (χ0) is 21.8. The fraction of sp³-hybridized carbons (Fsp3) is 0.323. The minimum absolute atomic E-state index is 0.406. The summed E-state index contributed by atoms with van der Waals surface area (Å²) < 4.78 is 0. The van der Waals surface area contributed by atoms with Gasteiger partial charge in [0.1, 0.15) is 0 Å². The van der Waals surface area contributed by atoms with E-state index in [0.717, 1.165) is 18.0 Å². The molecule has 3 aromatic carbocycles. The molecule has 0 atom stereocenters. The number of aryl methyl sites for hydroxylation is 1. The third-order valence-corrected chi connectivity index (χ3v) is 7.62. The van der Waals surface area contributed by atoms with Crippen molar-refractivity contribution < 1.29 is 0 Å². The maximum atomic E-state index is 5.28. The van der Waals surface area contributed by atoms with Crippen LogP contribution in [0.25, 0.3) is 33.2 Å². The molecule has 32 heavy (non-hydrogen) atoms. The van der Waals surface area contributed by atoms with E-state index in [-0.39, 0.29) is 0 Å². The van der Waals surface area contributed by atoms with Gasteiger partial charge in [0.05, 0.1) is 5.69 Å². The molecule has 2 aliphatic rings. The summed E-state index contributed by atoms with van der Waals surface area (Å²) in [6, 6.07) is 23.1. The monoisotopic (exact) mass is 417 g/mol. The number of hydrogen-bond acceptors (Lipinski definition) is 1. The lowest BCUT2D eigenvalue weighted by Gasteiger charge is -2.17. The molecule has 0 bridgehead atoms. The van der Waals surface area contributed by atoms with Crippen molar-refractivity contribution in [3.05, 3.63) is 88.6 Å². The summed E-state index contributed by atoms with van der Waals surface area (Å²) >= 11 is 0. The van der Waals surface area contributed by atoms with Gasteiger partial charge in [-0.3, -0.25) is 4.98 Å². The molecule has 1 aromatic heterocycles. The van der Waals surface area contributed by atoms with Crippen molar-refractivity contribution in [3.8, 4) is 22.4 Å². The Bertz CT molecular complexity index is 1340. The second-order valence-corrected chi connectivity index (χ2v) is 10.2. The maximum absolute atomic E-state index is 5.28. The summed E-state index contributed by atoms with van der Waals surface area (Å²) in [7, 11) is 0. The molecule has 6 rings (SSSR count). The Hall–Kier alpha value is -2.93. The molecule has 0 saturated heterocycles. The minimum atomic E-state index is 0.406. The van der Waals surface area contributed by atoms with Crippen molar-refractivity contribution in [1.82, 2.24) is 4.98 Å². The van der Waals surface area contributed by atoms with Gasteiger partial charge in [-0.2, -0.15) is 0 Å². The summed E-state index contributed by atoms with van der Waals surface area (Å²) in [4.78, 5) is 5.28. The third-order valence-electron chi connectivity index (χ3n) is 7.62. The van der Waals surface area contributed by atoms with Crippen LogP contribution in [0.1, 0.15) is 79.3 Å². The van der Waals surface area contributed by atoms with E-state index in [1.807, 2.05) is 0 Å². The van der Waals surface area contributed by atoms with E-state index in [9.17, 15) is 0 Å². The first-order valence-electron chi connectivity index (χ1n) is 12.3. The van der Waals surface area contributed by atoms with Gasteiger partial charge < -0.3 is 0 Å². The largest absolute Gasteiger partial charge is 0.252 e. The van der Waals surface area contributed by atoms with Gasteiger partial charge in [0.25, 0.3) is 0 Å². The Morgan fingerprint density at radius 1 is 0.844 bits per heavy atom.